The Morgan fingerprint density at radius 3 is 2.59 bits per heavy atom. The van der Waals surface area contributed by atoms with Crippen molar-refractivity contribution in [1.29, 1.82) is 0 Å². The van der Waals surface area contributed by atoms with Gasteiger partial charge in [-0.3, -0.25) is 0 Å². The maximum absolute atomic E-state index is 4.96. The normalized spacial score (nSPS) is 10.5. The monoisotopic (exact) mass is 237 g/mol. The minimum absolute atomic E-state index is 0.766. The van der Waals surface area contributed by atoms with Crippen molar-refractivity contribution in [2.75, 3.05) is 45.7 Å². The van der Waals surface area contributed by atoms with Crippen LogP contribution in [0.1, 0.15) is 5.56 Å². The number of hydrogen-bond acceptors (Lipinski definition) is 4. The van der Waals surface area contributed by atoms with Gasteiger partial charge in [-0.05, 0) is 11.6 Å². The largest absolute Gasteiger partial charge is 0.388 e. The van der Waals surface area contributed by atoms with Crippen LogP contribution < -0.4 is 16.0 Å². The molecule has 0 aliphatic rings. The lowest BCUT2D eigenvalue weighted by atomic mass is 10.2. The first-order chi connectivity index (χ1) is 8.38. The first kappa shape index (κ1) is 14.0. The van der Waals surface area contributed by atoms with Crippen LogP contribution in [-0.4, -0.2) is 40.4 Å². The number of methoxy groups -OCH3 is 1. The molecule has 4 heteroatoms. The van der Waals surface area contributed by atoms with Crippen LogP contribution in [0, 0.1) is 0 Å². The molecule has 0 saturated carbocycles. The molecule has 1 aromatic carbocycles. The summed E-state index contributed by atoms with van der Waals surface area (Å²) in [6.45, 7) is 4.49. The van der Waals surface area contributed by atoms with E-state index >= 15 is 0 Å². The van der Waals surface area contributed by atoms with Crippen LogP contribution in [-0.2, 0) is 11.3 Å². The summed E-state index contributed by atoms with van der Waals surface area (Å²) in [7, 11) is 3.67. The molecule has 0 radical (unpaired) electrons. The SMILES string of the molecule is CNc1ccccc1CNCCNCCOC. The molecule has 0 aliphatic heterocycles. The molecule has 17 heavy (non-hydrogen) atoms. The van der Waals surface area contributed by atoms with Crippen molar-refractivity contribution >= 4 is 5.69 Å². The Balaban J connectivity index is 2.13. The Morgan fingerprint density at radius 1 is 1.06 bits per heavy atom. The standard InChI is InChI=1S/C13H23N3O/c1-14-13-6-4-3-5-12(13)11-16-8-7-15-9-10-17-2/h3-6,14-16H,7-11H2,1-2H3. The quantitative estimate of drug-likeness (QED) is 0.562. The summed E-state index contributed by atoms with van der Waals surface area (Å²) < 4.78 is 4.96. The summed E-state index contributed by atoms with van der Waals surface area (Å²) in [5, 5.41) is 9.90. The van der Waals surface area contributed by atoms with Gasteiger partial charge in [0, 0.05) is 46.0 Å². The third-order valence-electron chi connectivity index (χ3n) is 2.56. The van der Waals surface area contributed by atoms with E-state index < -0.39 is 0 Å². The van der Waals surface area contributed by atoms with Gasteiger partial charge in [-0.15, -0.1) is 0 Å². The van der Waals surface area contributed by atoms with E-state index in [1.807, 2.05) is 13.1 Å². The van der Waals surface area contributed by atoms with Gasteiger partial charge in [0.15, 0.2) is 0 Å². The van der Waals surface area contributed by atoms with Gasteiger partial charge in [-0.2, -0.15) is 0 Å². The van der Waals surface area contributed by atoms with Crippen LogP contribution in [0.15, 0.2) is 24.3 Å². The first-order valence-electron chi connectivity index (χ1n) is 6.04. The molecule has 0 heterocycles. The maximum atomic E-state index is 4.96. The molecule has 4 nitrogen and oxygen atoms in total. The van der Waals surface area contributed by atoms with Crippen LogP contribution >= 0.6 is 0 Å². The van der Waals surface area contributed by atoms with Crippen molar-refractivity contribution < 1.29 is 4.74 Å². The van der Waals surface area contributed by atoms with Crippen LogP contribution in [0.5, 0.6) is 0 Å². The molecule has 3 N–H and O–H groups in total. The average molecular weight is 237 g/mol. The Labute approximate surface area is 104 Å². The Morgan fingerprint density at radius 2 is 1.82 bits per heavy atom. The molecular formula is C13H23N3O. The van der Waals surface area contributed by atoms with Crippen molar-refractivity contribution in [3.05, 3.63) is 29.8 Å². The van der Waals surface area contributed by atoms with Crippen molar-refractivity contribution in [3.63, 3.8) is 0 Å². The van der Waals surface area contributed by atoms with E-state index in [-0.39, 0.29) is 0 Å². The number of anilines is 1. The molecule has 96 valence electrons. The van der Waals surface area contributed by atoms with E-state index in [1.165, 1.54) is 11.3 Å². The molecular weight excluding hydrogens is 214 g/mol. The highest BCUT2D eigenvalue weighted by molar-refractivity contribution is 5.50. The van der Waals surface area contributed by atoms with Crippen molar-refractivity contribution in [2.45, 2.75) is 6.54 Å². The van der Waals surface area contributed by atoms with E-state index in [1.54, 1.807) is 7.11 Å². The molecule has 0 aliphatic carbocycles. The number of benzene rings is 1. The predicted octanol–water partition coefficient (Wildman–Crippen LogP) is 1.05. The number of ether oxygens (including phenoxy) is 1. The molecule has 0 fully saturated rings. The lowest BCUT2D eigenvalue weighted by molar-refractivity contribution is 0.199. The van der Waals surface area contributed by atoms with Gasteiger partial charge in [0.05, 0.1) is 6.61 Å². The second-order valence-corrected chi connectivity index (χ2v) is 3.83. The molecule has 1 aromatic rings. The van der Waals surface area contributed by atoms with E-state index in [0.29, 0.717) is 0 Å². The third kappa shape index (κ3) is 5.68. The van der Waals surface area contributed by atoms with Crippen molar-refractivity contribution in [1.82, 2.24) is 10.6 Å². The smallest absolute Gasteiger partial charge is 0.0587 e. The van der Waals surface area contributed by atoms with Gasteiger partial charge in [0.2, 0.25) is 0 Å². The lowest BCUT2D eigenvalue weighted by Gasteiger charge is -2.10. The lowest BCUT2D eigenvalue weighted by Crippen LogP contribution is -2.29. The van der Waals surface area contributed by atoms with Gasteiger partial charge < -0.3 is 20.7 Å². The average Bonchev–Trinajstić information content (AvgIpc) is 2.38. The minimum atomic E-state index is 0.766. The van der Waals surface area contributed by atoms with Gasteiger partial charge in [-0.25, -0.2) is 0 Å². The van der Waals surface area contributed by atoms with Gasteiger partial charge in [0.25, 0.3) is 0 Å². The number of rotatable bonds is 9. The second kappa shape index (κ2) is 8.98. The zero-order chi connectivity index (χ0) is 12.3. The molecule has 1 rings (SSSR count). The van der Waals surface area contributed by atoms with E-state index in [2.05, 4.69) is 34.1 Å². The minimum Gasteiger partial charge on any atom is -0.388 e. The maximum Gasteiger partial charge on any atom is 0.0587 e. The Kier molecular flexibility index (Phi) is 7.38. The fourth-order valence-corrected chi connectivity index (χ4v) is 1.62. The van der Waals surface area contributed by atoms with E-state index in [9.17, 15) is 0 Å². The fraction of sp³-hybridized carbons (Fsp3) is 0.538. The van der Waals surface area contributed by atoms with Crippen molar-refractivity contribution in [2.24, 2.45) is 0 Å². The van der Waals surface area contributed by atoms with Crippen LogP contribution in [0.4, 0.5) is 5.69 Å². The molecule has 0 atom stereocenters. The van der Waals surface area contributed by atoms with Crippen LogP contribution in [0.2, 0.25) is 0 Å². The van der Waals surface area contributed by atoms with E-state index in [0.717, 1.165) is 32.8 Å². The highest BCUT2D eigenvalue weighted by Gasteiger charge is 1.98. The summed E-state index contributed by atoms with van der Waals surface area (Å²) in [4.78, 5) is 0. The predicted molar refractivity (Wildman–Crippen MR) is 72.4 cm³/mol. The highest BCUT2D eigenvalue weighted by atomic mass is 16.5. The number of hydrogen-bond donors (Lipinski definition) is 3. The molecule has 0 aromatic heterocycles. The van der Waals surface area contributed by atoms with E-state index in [4.69, 9.17) is 4.74 Å². The van der Waals surface area contributed by atoms with Gasteiger partial charge >= 0.3 is 0 Å². The topological polar surface area (TPSA) is 45.3 Å². The van der Waals surface area contributed by atoms with Gasteiger partial charge in [0.1, 0.15) is 0 Å². The fourth-order valence-electron chi connectivity index (χ4n) is 1.62. The van der Waals surface area contributed by atoms with Gasteiger partial charge in [-0.1, -0.05) is 18.2 Å². The zero-order valence-corrected chi connectivity index (χ0v) is 10.8. The zero-order valence-electron chi connectivity index (χ0n) is 10.8. The molecule has 0 unspecified atom stereocenters. The summed E-state index contributed by atoms with van der Waals surface area (Å²) >= 11 is 0. The highest BCUT2D eigenvalue weighted by Crippen LogP contribution is 2.13. The third-order valence-corrected chi connectivity index (χ3v) is 2.56. The summed E-state index contributed by atoms with van der Waals surface area (Å²) in [5.74, 6) is 0. The molecule has 0 bridgehead atoms. The molecule has 0 spiro atoms. The summed E-state index contributed by atoms with van der Waals surface area (Å²) in [5.41, 5.74) is 2.49. The Bertz CT molecular complexity index is 304. The first-order valence-corrected chi connectivity index (χ1v) is 6.04. The molecule has 0 saturated heterocycles. The second-order valence-electron chi connectivity index (χ2n) is 3.83. The van der Waals surface area contributed by atoms with Crippen LogP contribution in [0.25, 0.3) is 0 Å². The Hall–Kier alpha value is -1.10. The number of nitrogens with one attached hydrogen (secondary N) is 3. The summed E-state index contributed by atoms with van der Waals surface area (Å²) in [6, 6.07) is 8.33. The van der Waals surface area contributed by atoms with Crippen LogP contribution in [0.3, 0.4) is 0 Å². The molecule has 0 amide bonds. The number of para-hydroxylation sites is 1. The summed E-state index contributed by atoms with van der Waals surface area (Å²) in [6.07, 6.45) is 0. The van der Waals surface area contributed by atoms with Crippen molar-refractivity contribution in [3.8, 4) is 0 Å².